The molecule has 3 heterocycles. The third kappa shape index (κ3) is 5.90. The second kappa shape index (κ2) is 13.8. The molecule has 12 rings (SSSR count). The molecule has 1 aliphatic carbocycles. The summed E-state index contributed by atoms with van der Waals surface area (Å²) in [7, 11) is 0. The van der Waals surface area contributed by atoms with Gasteiger partial charge in [0.2, 0.25) is 0 Å². The largest absolute Gasteiger partial charge is 0.455 e. The number of nitrogens with zero attached hydrogens (tertiary/aromatic N) is 4. The minimum atomic E-state index is -0.185. The first-order valence-corrected chi connectivity index (χ1v) is 21.4. The average Bonchev–Trinajstić information content (AvgIpc) is 3.99. The topological polar surface area (TPSA) is 64.7 Å². The lowest BCUT2D eigenvalue weighted by molar-refractivity contribution is 0.661. The van der Waals surface area contributed by atoms with Crippen LogP contribution in [0.1, 0.15) is 25.0 Å². The van der Waals surface area contributed by atoms with E-state index in [0.29, 0.717) is 17.5 Å². The van der Waals surface area contributed by atoms with Crippen LogP contribution in [0.15, 0.2) is 186 Å². The van der Waals surface area contributed by atoms with Crippen LogP contribution in [0.5, 0.6) is 0 Å². The van der Waals surface area contributed by atoms with E-state index in [9.17, 15) is 0 Å². The normalized spacial score (nSPS) is 12.9. The molecule has 0 unspecified atom stereocenters. The van der Waals surface area contributed by atoms with Gasteiger partial charge in [-0.15, -0.1) is 11.3 Å². The standard InChI is InChI=1S/C55H36N4OS/c1-55(2)45-30-38(27-28-40(45)44-31-47-49(32-46(44)55)61-54(56-47)36-15-7-4-8-16-36)37-17-11-18-39(29-37)52-57-51(35-25-23-34(24-26-35)33-13-5-3-6-14-33)58-53(59-52)43-21-12-20-42-41-19-9-10-22-48(41)60-50(42)43/h3-32H,1-2H3. The Bertz CT molecular complexity index is 3500. The monoisotopic (exact) mass is 800 g/mol. The van der Waals surface area contributed by atoms with Crippen LogP contribution in [0.3, 0.4) is 0 Å². The molecule has 3 aromatic heterocycles. The van der Waals surface area contributed by atoms with E-state index in [1.807, 2.05) is 42.5 Å². The molecule has 0 saturated carbocycles. The van der Waals surface area contributed by atoms with Gasteiger partial charge >= 0.3 is 0 Å². The summed E-state index contributed by atoms with van der Waals surface area (Å²) in [5.74, 6) is 1.75. The maximum Gasteiger partial charge on any atom is 0.167 e. The zero-order valence-electron chi connectivity index (χ0n) is 33.4. The zero-order chi connectivity index (χ0) is 40.7. The lowest BCUT2D eigenvalue weighted by Crippen LogP contribution is -2.15. The van der Waals surface area contributed by atoms with Gasteiger partial charge < -0.3 is 4.42 Å². The number of aromatic nitrogens is 4. The van der Waals surface area contributed by atoms with Gasteiger partial charge in [-0.3, -0.25) is 0 Å². The first-order valence-electron chi connectivity index (χ1n) is 20.5. The predicted octanol–water partition coefficient (Wildman–Crippen LogP) is 14.7. The molecule has 6 heteroatoms. The maximum atomic E-state index is 6.49. The van der Waals surface area contributed by atoms with E-state index in [1.165, 1.54) is 27.0 Å². The number of thiazole rings is 1. The molecule has 0 atom stereocenters. The van der Waals surface area contributed by atoms with Crippen LogP contribution in [0.25, 0.3) is 110 Å². The van der Waals surface area contributed by atoms with Crippen LogP contribution in [0.2, 0.25) is 0 Å². The summed E-state index contributed by atoms with van der Waals surface area (Å²) in [5, 5.41) is 3.14. The quantitative estimate of drug-likeness (QED) is 0.168. The van der Waals surface area contributed by atoms with Crippen molar-refractivity contribution in [3.63, 3.8) is 0 Å². The molecule has 0 amide bonds. The second-order valence-electron chi connectivity index (χ2n) is 16.2. The van der Waals surface area contributed by atoms with Crippen molar-refractivity contribution in [2.75, 3.05) is 0 Å². The Hall–Kier alpha value is -7.54. The summed E-state index contributed by atoms with van der Waals surface area (Å²) in [5.41, 5.74) is 15.9. The third-order valence-corrected chi connectivity index (χ3v) is 13.3. The fourth-order valence-corrected chi connectivity index (χ4v) is 9.99. The van der Waals surface area contributed by atoms with E-state index in [4.69, 9.17) is 24.4 Å². The SMILES string of the molecule is CC1(C)c2cc(-c3cccc(-c4nc(-c5ccc(-c6ccccc6)cc5)nc(-c5cccc6c5oc5ccccc56)n4)c3)ccc2-c2cc3nc(-c4ccccc4)sc3cc21. The van der Waals surface area contributed by atoms with Crippen LogP contribution >= 0.6 is 11.3 Å². The fraction of sp³-hybridized carbons (Fsp3) is 0.0545. The average molecular weight is 801 g/mol. The van der Waals surface area contributed by atoms with Crippen molar-refractivity contribution < 1.29 is 4.42 Å². The molecular formula is C55H36N4OS. The highest BCUT2D eigenvalue weighted by atomic mass is 32.1. The van der Waals surface area contributed by atoms with Gasteiger partial charge in [-0.05, 0) is 80.9 Å². The molecule has 1 aliphatic rings. The van der Waals surface area contributed by atoms with Crippen LogP contribution in [-0.4, -0.2) is 19.9 Å². The van der Waals surface area contributed by atoms with Crippen molar-refractivity contribution in [2.45, 2.75) is 19.3 Å². The molecule has 0 spiro atoms. The molecule has 0 fully saturated rings. The molecule has 11 aromatic rings. The van der Waals surface area contributed by atoms with Crippen LogP contribution in [0.4, 0.5) is 0 Å². The van der Waals surface area contributed by atoms with Gasteiger partial charge in [0.25, 0.3) is 0 Å². The van der Waals surface area contributed by atoms with Gasteiger partial charge in [0.05, 0.1) is 15.8 Å². The summed E-state index contributed by atoms with van der Waals surface area (Å²) in [6, 6.07) is 63.7. The lowest BCUT2D eigenvalue weighted by atomic mass is 9.81. The molecule has 0 bridgehead atoms. The van der Waals surface area contributed by atoms with Crippen molar-refractivity contribution >= 4 is 43.5 Å². The number of furan rings is 1. The summed E-state index contributed by atoms with van der Waals surface area (Å²) in [6.45, 7) is 4.68. The van der Waals surface area contributed by atoms with Crippen molar-refractivity contribution in [2.24, 2.45) is 0 Å². The number of fused-ring (bicyclic) bond motifs is 7. The number of para-hydroxylation sites is 2. The van der Waals surface area contributed by atoms with Gasteiger partial charge in [-0.1, -0.05) is 159 Å². The second-order valence-corrected chi connectivity index (χ2v) is 17.3. The van der Waals surface area contributed by atoms with E-state index < -0.39 is 0 Å². The number of benzene rings is 8. The Balaban J connectivity index is 0.955. The van der Waals surface area contributed by atoms with Crippen molar-refractivity contribution in [3.05, 3.63) is 193 Å². The van der Waals surface area contributed by atoms with Crippen molar-refractivity contribution in [3.8, 4) is 78.1 Å². The highest BCUT2D eigenvalue weighted by molar-refractivity contribution is 7.21. The van der Waals surface area contributed by atoms with Gasteiger partial charge in [0.15, 0.2) is 17.5 Å². The Morgan fingerprint density at radius 1 is 0.410 bits per heavy atom. The minimum absolute atomic E-state index is 0.185. The van der Waals surface area contributed by atoms with Crippen molar-refractivity contribution in [1.82, 2.24) is 19.9 Å². The molecule has 61 heavy (non-hydrogen) atoms. The minimum Gasteiger partial charge on any atom is -0.455 e. The number of hydrogen-bond donors (Lipinski definition) is 0. The van der Waals surface area contributed by atoms with Gasteiger partial charge in [-0.2, -0.15) is 0 Å². The molecule has 0 aliphatic heterocycles. The molecule has 0 radical (unpaired) electrons. The smallest absolute Gasteiger partial charge is 0.167 e. The highest BCUT2D eigenvalue weighted by Gasteiger charge is 2.36. The first-order chi connectivity index (χ1) is 29.9. The Labute approximate surface area is 356 Å². The summed E-state index contributed by atoms with van der Waals surface area (Å²) >= 11 is 1.76. The van der Waals surface area contributed by atoms with E-state index in [1.54, 1.807) is 11.3 Å². The molecule has 288 valence electrons. The molecule has 0 N–H and O–H groups in total. The molecule has 8 aromatic carbocycles. The Morgan fingerprint density at radius 2 is 1.00 bits per heavy atom. The molecule has 5 nitrogen and oxygen atoms in total. The number of rotatable bonds is 6. The summed E-state index contributed by atoms with van der Waals surface area (Å²) in [4.78, 5) is 20.5. The van der Waals surface area contributed by atoms with E-state index >= 15 is 0 Å². The first kappa shape index (κ1) is 35.4. The Morgan fingerprint density at radius 3 is 1.82 bits per heavy atom. The summed E-state index contributed by atoms with van der Waals surface area (Å²) < 4.78 is 7.70. The van der Waals surface area contributed by atoms with Crippen LogP contribution < -0.4 is 0 Å². The third-order valence-electron chi connectivity index (χ3n) is 12.2. The van der Waals surface area contributed by atoms with Crippen molar-refractivity contribution in [1.29, 1.82) is 0 Å². The predicted molar refractivity (Wildman–Crippen MR) is 250 cm³/mol. The van der Waals surface area contributed by atoms with Crippen LogP contribution in [0, 0.1) is 0 Å². The van der Waals surface area contributed by atoms with E-state index in [0.717, 1.165) is 77.0 Å². The highest BCUT2D eigenvalue weighted by Crippen LogP contribution is 2.51. The maximum absolute atomic E-state index is 6.49. The number of hydrogen-bond acceptors (Lipinski definition) is 6. The zero-order valence-corrected chi connectivity index (χ0v) is 34.2. The fourth-order valence-electron chi connectivity index (χ4n) is 9.00. The van der Waals surface area contributed by atoms with Gasteiger partial charge in [0, 0.05) is 32.9 Å². The summed E-state index contributed by atoms with van der Waals surface area (Å²) in [6.07, 6.45) is 0. The molecule has 0 saturated heterocycles. The van der Waals surface area contributed by atoms with Gasteiger partial charge in [0.1, 0.15) is 16.2 Å². The lowest BCUT2D eigenvalue weighted by Gasteiger charge is -2.22. The van der Waals surface area contributed by atoms with Crippen LogP contribution in [-0.2, 0) is 5.41 Å². The van der Waals surface area contributed by atoms with E-state index in [2.05, 4.69) is 153 Å². The molecular weight excluding hydrogens is 765 g/mol. The van der Waals surface area contributed by atoms with E-state index in [-0.39, 0.29) is 5.41 Å². The van der Waals surface area contributed by atoms with Gasteiger partial charge in [-0.25, -0.2) is 19.9 Å². The Kier molecular flexibility index (Phi) is 7.99.